The summed E-state index contributed by atoms with van der Waals surface area (Å²) in [5, 5.41) is 3.79. The molecule has 0 saturated carbocycles. The van der Waals surface area contributed by atoms with Gasteiger partial charge in [0, 0.05) is 30.7 Å². The van der Waals surface area contributed by atoms with Gasteiger partial charge in [0.05, 0.1) is 23.2 Å². The first kappa shape index (κ1) is 18.7. The van der Waals surface area contributed by atoms with E-state index in [1.807, 2.05) is 47.5 Å². The number of carbonyl (C=O) groups is 1. The molecule has 2 amide bonds. The number of methoxy groups -OCH3 is 1. The van der Waals surface area contributed by atoms with Crippen molar-refractivity contribution in [2.45, 2.75) is 12.6 Å². The number of urea groups is 1. The van der Waals surface area contributed by atoms with Crippen molar-refractivity contribution in [3.8, 4) is 5.75 Å². The number of halogens is 2. The molecule has 1 aliphatic heterocycles. The number of rotatable bonds is 3. The second kappa shape index (κ2) is 7.78. The van der Waals surface area contributed by atoms with Crippen molar-refractivity contribution >= 4 is 34.9 Å². The molecule has 0 fully saturated rings. The van der Waals surface area contributed by atoms with Gasteiger partial charge in [-0.25, -0.2) is 4.79 Å². The molecule has 1 aromatic heterocycles. The maximum atomic E-state index is 13.1. The van der Waals surface area contributed by atoms with E-state index in [9.17, 15) is 4.79 Å². The molecule has 0 radical (unpaired) electrons. The average Bonchev–Trinajstić information content (AvgIpc) is 3.19. The minimum absolute atomic E-state index is 0.188. The fourth-order valence-electron chi connectivity index (χ4n) is 3.51. The van der Waals surface area contributed by atoms with Gasteiger partial charge in [0.2, 0.25) is 0 Å². The summed E-state index contributed by atoms with van der Waals surface area (Å²) < 4.78 is 7.44. The Hall–Kier alpha value is -2.63. The van der Waals surface area contributed by atoms with Crippen molar-refractivity contribution in [1.82, 2.24) is 9.47 Å². The first-order chi connectivity index (χ1) is 13.6. The number of aromatic nitrogens is 1. The van der Waals surface area contributed by atoms with Crippen LogP contribution in [0.1, 0.15) is 17.3 Å². The molecule has 0 bridgehead atoms. The van der Waals surface area contributed by atoms with Crippen molar-refractivity contribution in [1.29, 1.82) is 0 Å². The van der Waals surface area contributed by atoms with E-state index in [2.05, 4.69) is 9.88 Å². The summed E-state index contributed by atoms with van der Waals surface area (Å²) in [4.78, 5) is 14.9. The number of benzene rings is 2. The molecule has 0 saturated heterocycles. The Morgan fingerprint density at radius 3 is 2.57 bits per heavy atom. The molecule has 1 atom stereocenters. The van der Waals surface area contributed by atoms with E-state index in [0.29, 0.717) is 22.3 Å². The van der Waals surface area contributed by atoms with Crippen LogP contribution in [-0.4, -0.2) is 29.2 Å². The summed E-state index contributed by atoms with van der Waals surface area (Å²) in [5.41, 5.74) is 2.69. The fourth-order valence-corrected chi connectivity index (χ4v) is 3.81. The maximum Gasteiger partial charge on any atom is 0.322 e. The van der Waals surface area contributed by atoms with E-state index in [1.165, 1.54) is 0 Å². The van der Waals surface area contributed by atoms with Crippen molar-refractivity contribution in [3.63, 3.8) is 0 Å². The number of ether oxygens (including phenoxy) is 1. The van der Waals surface area contributed by atoms with Gasteiger partial charge in [-0.15, -0.1) is 0 Å². The van der Waals surface area contributed by atoms with Gasteiger partial charge in [-0.05, 0) is 48.0 Å². The van der Waals surface area contributed by atoms with Gasteiger partial charge in [0.1, 0.15) is 5.75 Å². The monoisotopic (exact) mass is 415 g/mol. The summed E-state index contributed by atoms with van der Waals surface area (Å²) in [7, 11) is 1.64. The van der Waals surface area contributed by atoms with Crippen LogP contribution >= 0.6 is 23.2 Å². The molecular formula is C21H19Cl2N3O2. The number of carbonyl (C=O) groups excluding carboxylic acids is 1. The van der Waals surface area contributed by atoms with Crippen LogP contribution in [0.25, 0.3) is 0 Å². The van der Waals surface area contributed by atoms with Gasteiger partial charge in [0.25, 0.3) is 0 Å². The lowest BCUT2D eigenvalue weighted by Gasteiger charge is -2.37. The lowest BCUT2D eigenvalue weighted by molar-refractivity contribution is 0.182. The molecule has 2 heterocycles. The fraction of sp³-hybridized carbons (Fsp3) is 0.190. The standard InChI is InChI=1S/C21H19Cl2N3O2/c1-28-16-7-4-14(5-8-16)20-19-3-2-10-25(19)11-12-26(20)21(27)24-15-6-9-17(22)18(23)13-15/h2-10,13,20H,11-12H2,1H3,(H,24,27)/t20-/m0/s1. The van der Waals surface area contributed by atoms with Crippen LogP contribution in [0.2, 0.25) is 10.0 Å². The van der Waals surface area contributed by atoms with Gasteiger partial charge < -0.3 is 19.5 Å². The number of nitrogens with one attached hydrogen (secondary N) is 1. The minimum atomic E-state index is -0.197. The Balaban J connectivity index is 1.65. The normalized spacial score (nSPS) is 15.8. The zero-order valence-corrected chi connectivity index (χ0v) is 16.7. The van der Waals surface area contributed by atoms with Crippen LogP contribution in [0, 0.1) is 0 Å². The molecule has 28 heavy (non-hydrogen) atoms. The van der Waals surface area contributed by atoms with Gasteiger partial charge in [0.15, 0.2) is 0 Å². The highest BCUT2D eigenvalue weighted by Gasteiger charge is 2.32. The Labute approximate surface area is 173 Å². The predicted molar refractivity (Wildman–Crippen MR) is 111 cm³/mol. The van der Waals surface area contributed by atoms with Crippen LogP contribution < -0.4 is 10.1 Å². The SMILES string of the molecule is COc1ccc([C@H]2c3cccn3CCN2C(=O)Nc2ccc(Cl)c(Cl)c2)cc1. The largest absolute Gasteiger partial charge is 0.497 e. The number of anilines is 1. The molecule has 4 rings (SSSR count). The molecule has 1 N–H and O–H groups in total. The molecule has 5 nitrogen and oxygen atoms in total. The van der Waals surface area contributed by atoms with E-state index < -0.39 is 0 Å². The van der Waals surface area contributed by atoms with Crippen LogP contribution in [0.4, 0.5) is 10.5 Å². The Bertz CT molecular complexity index is 1000. The zero-order chi connectivity index (χ0) is 19.7. The van der Waals surface area contributed by atoms with Gasteiger partial charge in [-0.1, -0.05) is 35.3 Å². The van der Waals surface area contributed by atoms with Gasteiger partial charge >= 0.3 is 6.03 Å². The first-order valence-corrected chi connectivity index (χ1v) is 9.64. The highest BCUT2D eigenvalue weighted by atomic mass is 35.5. The average molecular weight is 416 g/mol. The number of amides is 2. The van der Waals surface area contributed by atoms with Crippen molar-refractivity contribution in [2.75, 3.05) is 19.0 Å². The Morgan fingerprint density at radius 1 is 1.07 bits per heavy atom. The number of hydrogen-bond acceptors (Lipinski definition) is 2. The second-order valence-electron chi connectivity index (χ2n) is 6.55. The Morgan fingerprint density at radius 2 is 1.86 bits per heavy atom. The Kier molecular flexibility index (Phi) is 5.20. The van der Waals surface area contributed by atoms with Crippen LogP contribution in [0.3, 0.4) is 0 Å². The number of nitrogens with zero attached hydrogens (tertiary/aromatic N) is 2. The third-order valence-corrected chi connectivity index (χ3v) is 5.64. The number of fused-ring (bicyclic) bond motifs is 1. The topological polar surface area (TPSA) is 46.5 Å². The van der Waals surface area contributed by atoms with E-state index >= 15 is 0 Å². The molecule has 0 spiro atoms. The lowest BCUT2D eigenvalue weighted by Crippen LogP contribution is -2.44. The van der Waals surface area contributed by atoms with Crippen LogP contribution in [0.15, 0.2) is 60.8 Å². The smallest absolute Gasteiger partial charge is 0.322 e. The summed E-state index contributed by atoms with van der Waals surface area (Å²) in [6, 6.07) is 16.5. The summed E-state index contributed by atoms with van der Waals surface area (Å²) in [6.07, 6.45) is 2.04. The highest BCUT2D eigenvalue weighted by molar-refractivity contribution is 6.42. The van der Waals surface area contributed by atoms with E-state index in [1.54, 1.807) is 25.3 Å². The second-order valence-corrected chi connectivity index (χ2v) is 7.37. The summed E-state index contributed by atoms with van der Waals surface area (Å²) >= 11 is 12.0. The third kappa shape index (κ3) is 3.55. The van der Waals surface area contributed by atoms with E-state index in [4.69, 9.17) is 27.9 Å². The first-order valence-electron chi connectivity index (χ1n) is 8.88. The third-order valence-electron chi connectivity index (χ3n) is 4.90. The molecular weight excluding hydrogens is 397 g/mol. The minimum Gasteiger partial charge on any atom is -0.497 e. The maximum absolute atomic E-state index is 13.1. The van der Waals surface area contributed by atoms with E-state index in [0.717, 1.165) is 23.6 Å². The molecule has 1 aliphatic rings. The van der Waals surface area contributed by atoms with Gasteiger partial charge in [-0.3, -0.25) is 0 Å². The van der Waals surface area contributed by atoms with Crippen molar-refractivity contribution in [2.24, 2.45) is 0 Å². The van der Waals surface area contributed by atoms with Crippen molar-refractivity contribution < 1.29 is 9.53 Å². The molecule has 2 aromatic carbocycles. The highest BCUT2D eigenvalue weighted by Crippen LogP contribution is 2.34. The molecule has 144 valence electrons. The zero-order valence-electron chi connectivity index (χ0n) is 15.2. The molecule has 0 aliphatic carbocycles. The molecule has 0 unspecified atom stereocenters. The summed E-state index contributed by atoms with van der Waals surface area (Å²) in [6.45, 7) is 1.33. The van der Waals surface area contributed by atoms with Crippen molar-refractivity contribution in [3.05, 3.63) is 82.1 Å². The number of hydrogen-bond donors (Lipinski definition) is 1. The van der Waals surface area contributed by atoms with Crippen LogP contribution in [-0.2, 0) is 6.54 Å². The molecule has 7 heteroatoms. The van der Waals surface area contributed by atoms with Gasteiger partial charge in [-0.2, -0.15) is 0 Å². The predicted octanol–water partition coefficient (Wildman–Crippen LogP) is 5.44. The quantitative estimate of drug-likeness (QED) is 0.618. The molecule has 3 aromatic rings. The van der Waals surface area contributed by atoms with E-state index in [-0.39, 0.29) is 12.1 Å². The summed E-state index contributed by atoms with van der Waals surface area (Å²) in [5.74, 6) is 0.779. The lowest BCUT2D eigenvalue weighted by atomic mass is 10.00. The van der Waals surface area contributed by atoms with Crippen LogP contribution in [0.5, 0.6) is 5.75 Å².